The van der Waals surface area contributed by atoms with Crippen LogP contribution >= 0.6 is 0 Å². The van der Waals surface area contributed by atoms with Crippen molar-refractivity contribution in [2.75, 3.05) is 26.8 Å². The number of nitrogens with one attached hydrogen (secondary N) is 3. The highest BCUT2D eigenvalue weighted by molar-refractivity contribution is 5.90. The molecule has 122 valence electrons. The Morgan fingerprint density at radius 2 is 1.91 bits per heavy atom. The Bertz CT molecular complexity index is 756. The summed E-state index contributed by atoms with van der Waals surface area (Å²) in [5.41, 5.74) is 0.153. The smallest absolute Gasteiger partial charge is 0.272 e. The van der Waals surface area contributed by atoms with Crippen LogP contribution in [0.1, 0.15) is 5.69 Å². The molecule has 0 atom stereocenters. The van der Waals surface area contributed by atoms with Gasteiger partial charge in [0, 0.05) is 19.0 Å². The Hall–Kier alpha value is -2.74. The molecule has 2 amide bonds. The molecule has 0 radical (unpaired) electrons. The second kappa shape index (κ2) is 8.04. The molecule has 0 aliphatic rings. The van der Waals surface area contributed by atoms with Crippen molar-refractivity contribution in [3.8, 4) is 0 Å². The SMILES string of the molecule is COCCNC(=O)CNC(=O)Cc1n[nH]c(=O)c2ccccc12. The van der Waals surface area contributed by atoms with E-state index >= 15 is 0 Å². The minimum Gasteiger partial charge on any atom is -0.383 e. The van der Waals surface area contributed by atoms with Crippen molar-refractivity contribution < 1.29 is 14.3 Å². The van der Waals surface area contributed by atoms with E-state index in [9.17, 15) is 14.4 Å². The molecule has 0 spiro atoms. The van der Waals surface area contributed by atoms with E-state index in [-0.39, 0.29) is 30.3 Å². The van der Waals surface area contributed by atoms with Crippen LogP contribution in [0, 0.1) is 0 Å². The zero-order valence-corrected chi connectivity index (χ0v) is 12.7. The molecule has 0 aliphatic heterocycles. The van der Waals surface area contributed by atoms with Crippen LogP contribution in [-0.4, -0.2) is 48.8 Å². The summed E-state index contributed by atoms with van der Waals surface area (Å²) in [6.07, 6.45) is -0.0252. The van der Waals surface area contributed by atoms with Crippen molar-refractivity contribution >= 4 is 22.6 Å². The molecule has 3 N–H and O–H groups in total. The molecule has 0 saturated heterocycles. The number of ether oxygens (including phenoxy) is 1. The van der Waals surface area contributed by atoms with Crippen LogP contribution in [-0.2, 0) is 20.7 Å². The molecule has 23 heavy (non-hydrogen) atoms. The molecule has 0 saturated carbocycles. The van der Waals surface area contributed by atoms with Gasteiger partial charge < -0.3 is 15.4 Å². The highest BCUT2D eigenvalue weighted by atomic mass is 16.5. The highest BCUT2D eigenvalue weighted by Gasteiger charge is 2.11. The number of carbonyl (C=O) groups is 2. The van der Waals surface area contributed by atoms with Gasteiger partial charge in [-0.15, -0.1) is 0 Å². The third-order valence-corrected chi connectivity index (χ3v) is 3.18. The Labute approximate surface area is 132 Å². The highest BCUT2D eigenvalue weighted by Crippen LogP contribution is 2.12. The van der Waals surface area contributed by atoms with E-state index in [0.717, 1.165) is 0 Å². The minimum absolute atomic E-state index is 0.0252. The summed E-state index contributed by atoms with van der Waals surface area (Å²) in [6, 6.07) is 6.91. The fourth-order valence-corrected chi connectivity index (χ4v) is 2.05. The summed E-state index contributed by atoms with van der Waals surface area (Å²) in [5, 5.41) is 12.5. The number of rotatable bonds is 7. The maximum absolute atomic E-state index is 11.9. The summed E-state index contributed by atoms with van der Waals surface area (Å²) in [6.45, 7) is 0.675. The number of nitrogens with zero attached hydrogens (tertiary/aromatic N) is 1. The molecule has 0 unspecified atom stereocenters. The molecule has 1 heterocycles. The predicted octanol–water partition coefficient (Wildman–Crippen LogP) is -0.656. The number of hydrogen-bond donors (Lipinski definition) is 3. The van der Waals surface area contributed by atoms with Crippen LogP contribution in [0.3, 0.4) is 0 Å². The van der Waals surface area contributed by atoms with E-state index in [2.05, 4.69) is 20.8 Å². The van der Waals surface area contributed by atoms with Crippen LogP contribution in [0.5, 0.6) is 0 Å². The fourth-order valence-electron chi connectivity index (χ4n) is 2.05. The van der Waals surface area contributed by atoms with Gasteiger partial charge in [-0.2, -0.15) is 5.10 Å². The first-order chi connectivity index (χ1) is 11.1. The second-order valence-electron chi connectivity index (χ2n) is 4.84. The summed E-state index contributed by atoms with van der Waals surface area (Å²) in [4.78, 5) is 35.1. The minimum atomic E-state index is -0.350. The van der Waals surface area contributed by atoms with E-state index < -0.39 is 0 Å². The lowest BCUT2D eigenvalue weighted by Crippen LogP contribution is -2.38. The van der Waals surface area contributed by atoms with Crippen LogP contribution in [0.4, 0.5) is 0 Å². The molecular formula is C15H18N4O4. The van der Waals surface area contributed by atoms with Crippen LogP contribution in [0.2, 0.25) is 0 Å². The summed E-state index contributed by atoms with van der Waals surface area (Å²) < 4.78 is 4.81. The average Bonchev–Trinajstić information content (AvgIpc) is 2.56. The van der Waals surface area contributed by atoms with Gasteiger partial charge in [-0.1, -0.05) is 18.2 Å². The topological polar surface area (TPSA) is 113 Å². The van der Waals surface area contributed by atoms with Crippen LogP contribution in [0.15, 0.2) is 29.1 Å². The third-order valence-electron chi connectivity index (χ3n) is 3.18. The maximum Gasteiger partial charge on any atom is 0.272 e. The van der Waals surface area contributed by atoms with E-state index in [1.807, 2.05) is 0 Å². The van der Waals surface area contributed by atoms with Gasteiger partial charge in [0.05, 0.1) is 30.7 Å². The second-order valence-corrected chi connectivity index (χ2v) is 4.84. The predicted molar refractivity (Wildman–Crippen MR) is 84.0 cm³/mol. The number of hydrogen-bond acceptors (Lipinski definition) is 5. The number of aromatic amines is 1. The number of methoxy groups -OCH3 is 1. The molecule has 8 nitrogen and oxygen atoms in total. The fraction of sp³-hybridized carbons (Fsp3) is 0.333. The monoisotopic (exact) mass is 318 g/mol. The number of fused-ring (bicyclic) bond motifs is 1. The number of benzene rings is 1. The number of aromatic nitrogens is 2. The molecule has 2 rings (SSSR count). The number of H-pyrrole nitrogens is 1. The van der Waals surface area contributed by atoms with Gasteiger partial charge >= 0.3 is 0 Å². The molecule has 0 bridgehead atoms. The van der Waals surface area contributed by atoms with Gasteiger partial charge in [-0.05, 0) is 6.07 Å². The van der Waals surface area contributed by atoms with Gasteiger partial charge in [0.25, 0.3) is 5.56 Å². The zero-order valence-electron chi connectivity index (χ0n) is 12.7. The van der Waals surface area contributed by atoms with Crippen molar-refractivity contribution in [1.29, 1.82) is 0 Å². The Morgan fingerprint density at radius 3 is 2.65 bits per heavy atom. The normalized spacial score (nSPS) is 10.5. The molecule has 0 aliphatic carbocycles. The van der Waals surface area contributed by atoms with Gasteiger partial charge in [0.15, 0.2) is 0 Å². The first-order valence-electron chi connectivity index (χ1n) is 7.10. The van der Waals surface area contributed by atoms with Gasteiger partial charge in [-0.25, -0.2) is 5.10 Å². The van der Waals surface area contributed by atoms with Crippen molar-refractivity contribution in [3.05, 3.63) is 40.3 Å². The maximum atomic E-state index is 11.9. The van der Waals surface area contributed by atoms with E-state index in [0.29, 0.717) is 29.6 Å². The lowest BCUT2D eigenvalue weighted by Gasteiger charge is -2.07. The number of carbonyl (C=O) groups excluding carboxylic acids is 2. The Morgan fingerprint density at radius 1 is 1.17 bits per heavy atom. The third kappa shape index (κ3) is 4.62. The summed E-state index contributed by atoms with van der Waals surface area (Å²) in [5.74, 6) is -0.647. The van der Waals surface area contributed by atoms with Crippen LogP contribution < -0.4 is 16.2 Å². The van der Waals surface area contributed by atoms with E-state index in [4.69, 9.17) is 4.74 Å². The number of amides is 2. The standard InChI is InChI=1S/C15H18N4O4/c1-23-7-6-16-14(21)9-17-13(20)8-12-10-4-2-3-5-11(10)15(22)19-18-12/h2-5H,6-9H2,1H3,(H,16,21)(H,17,20)(H,19,22). The molecule has 8 heteroatoms. The zero-order chi connectivity index (χ0) is 16.7. The lowest BCUT2D eigenvalue weighted by molar-refractivity contribution is -0.125. The van der Waals surface area contributed by atoms with Gasteiger partial charge in [-0.3, -0.25) is 14.4 Å². The molecule has 1 aromatic heterocycles. The average molecular weight is 318 g/mol. The molecule has 0 fully saturated rings. The molecule has 1 aromatic carbocycles. The molecule has 2 aromatic rings. The van der Waals surface area contributed by atoms with Crippen LogP contribution in [0.25, 0.3) is 10.8 Å². The van der Waals surface area contributed by atoms with E-state index in [1.54, 1.807) is 24.3 Å². The van der Waals surface area contributed by atoms with Gasteiger partial charge in [0.2, 0.25) is 11.8 Å². The molecular weight excluding hydrogens is 300 g/mol. The van der Waals surface area contributed by atoms with Crippen molar-refractivity contribution in [3.63, 3.8) is 0 Å². The van der Waals surface area contributed by atoms with Crippen molar-refractivity contribution in [2.45, 2.75) is 6.42 Å². The Kier molecular flexibility index (Phi) is 5.81. The first-order valence-corrected chi connectivity index (χ1v) is 7.10. The first kappa shape index (κ1) is 16.6. The lowest BCUT2D eigenvalue weighted by atomic mass is 10.1. The summed E-state index contributed by atoms with van der Waals surface area (Å²) >= 11 is 0. The largest absolute Gasteiger partial charge is 0.383 e. The summed E-state index contributed by atoms with van der Waals surface area (Å²) in [7, 11) is 1.54. The quantitative estimate of drug-likeness (QED) is 0.587. The van der Waals surface area contributed by atoms with Crippen molar-refractivity contribution in [1.82, 2.24) is 20.8 Å². The van der Waals surface area contributed by atoms with E-state index in [1.165, 1.54) is 7.11 Å². The Balaban J connectivity index is 1.95. The van der Waals surface area contributed by atoms with Gasteiger partial charge in [0.1, 0.15) is 0 Å². The van der Waals surface area contributed by atoms with Crippen molar-refractivity contribution in [2.24, 2.45) is 0 Å².